The maximum absolute atomic E-state index is 12.6. The molecule has 0 spiro atoms. The first-order valence-electron chi connectivity index (χ1n) is 3.77. The third-order valence-corrected chi connectivity index (χ3v) is 1.57. The Labute approximate surface area is 74.6 Å². The van der Waals surface area contributed by atoms with Crippen molar-refractivity contribution < 1.29 is 13.6 Å². The maximum Gasteiger partial charge on any atom is 0.224 e. The molecule has 0 aliphatic heterocycles. The van der Waals surface area contributed by atoms with Crippen LogP contribution in [0, 0.1) is 11.6 Å². The molecule has 0 heterocycles. The fraction of sp³-hybridized carbons (Fsp3) is 0.222. The topological polar surface area (TPSA) is 29.1 Å². The number of carbonyl (C=O) groups is 1. The van der Waals surface area contributed by atoms with Crippen LogP contribution in [-0.2, 0) is 11.2 Å². The Bertz CT molecular complexity index is 305. The molecule has 1 amide bonds. The predicted molar refractivity (Wildman–Crippen MR) is 44.1 cm³/mol. The lowest BCUT2D eigenvalue weighted by Crippen LogP contribution is -2.20. The highest BCUT2D eigenvalue weighted by Crippen LogP contribution is 2.08. The Kier molecular flexibility index (Phi) is 2.95. The van der Waals surface area contributed by atoms with Gasteiger partial charge in [0.15, 0.2) is 0 Å². The van der Waals surface area contributed by atoms with E-state index in [0.29, 0.717) is 5.56 Å². The molecule has 13 heavy (non-hydrogen) atoms. The van der Waals surface area contributed by atoms with Gasteiger partial charge < -0.3 is 5.32 Å². The molecular weight excluding hydrogens is 176 g/mol. The highest BCUT2D eigenvalue weighted by Gasteiger charge is 2.04. The standard InChI is InChI=1S/C9H9F2NO/c1-12-9(13)4-6-2-7(10)5-8(11)3-6/h2-3,5H,4H2,1H3,(H,12,13). The van der Waals surface area contributed by atoms with Gasteiger partial charge in [-0.05, 0) is 17.7 Å². The van der Waals surface area contributed by atoms with Crippen molar-refractivity contribution in [3.8, 4) is 0 Å². The van der Waals surface area contributed by atoms with E-state index in [-0.39, 0.29) is 12.3 Å². The van der Waals surface area contributed by atoms with E-state index in [2.05, 4.69) is 5.32 Å². The SMILES string of the molecule is CNC(=O)Cc1cc(F)cc(F)c1. The first-order valence-corrected chi connectivity index (χ1v) is 3.77. The van der Waals surface area contributed by atoms with Gasteiger partial charge in [-0.25, -0.2) is 8.78 Å². The zero-order valence-corrected chi connectivity index (χ0v) is 7.10. The van der Waals surface area contributed by atoms with Gasteiger partial charge >= 0.3 is 0 Å². The normalized spacial score (nSPS) is 9.77. The van der Waals surface area contributed by atoms with Crippen LogP contribution in [0.4, 0.5) is 8.78 Å². The average molecular weight is 185 g/mol. The average Bonchev–Trinajstić information content (AvgIpc) is 2.02. The number of hydrogen-bond acceptors (Lipinski definition) is 1. The Balaban J connectivity index is 2.83. The van der Waals surface area contributed by atoms with Crippen LogP contribution < -0.4 is 5.32 Å². The smallest absolute Gasteiger partial charge is 0.224 e. The van der Waals surface area contributed by atoms with Gasteiger partial charge in [-0.15, -0.1) is 0 Å². The van der Waals surface area contributed by atoms with Crippen LogP contribution in [0.5, 0.6) is 0 Å². The van der Waals surface area contributed by atoms with Gasteiger partial charge in [0.1, 0.15) is 11.6 Å². The van der Waals surface area contributed by atoms with Crippen molar-refractivity contribution in [1.82, 2.24) is 5.32 Å². The summed E-state index contributed by atoms with van der Waals surface area (Å²) in [5.74, 6) is -1.61. The molecule has 2 nitrogen and oxygen atoms in total. The van der Waals surface area contributed by atoms with Gasteiger partial charge in [-0.2, -0.15) is 0 Å². The minimum atomic E-state index is -0.668. The van der Waals surface area contributed by atoms with Crippen LogP contribution >= 0.6 is 0 Å². The lowest BCUT2D eigenvalue weighted by molar-refractivity contribution is -0.119. The molecule has 1 aromatic carbocycles. The number of carbonyl (C=O) groups excluding carboxylic acids is 1. The summed E-state index contributed by atoms with van der Waals surface area (Å²) in [7, 11) is 1.47. The second-order valence-electron chi connectivity index (χ2n) is 2.63. The molecule has 0 saturated carbocycles. The van der Waals surface area contributed by atoms with Gasteiger partial charge in [0.25, 0.3) is 0 Å². The molecule has 0 saturated heterocycles. The van der Waals surface area contributed by atoms with Crippen molar-refractivity contribution in [1.29, 1.82) is 0 Å². The van der Waals surface area contributed by atoms with Gasteiger partial charge in [0.05, 0.1) is 6.42 Å². The lowest BCUT2D eigenvalue weighted by atomic mass is 10.1. The first kappa shape index (κ1) is 9.64. The van der Waals surface area contributed by atoms with Crippen molar-refractivity contribution >= 4 is 5.91 Å². The highest BCUT2D eigenvalue weighted by atomic mass is 19.1. The number of rotatable bonds is 2. The second kappa shape index (κ2) is 3.98. The molecule has 1 aromatic rings. The molecule has 1 N–H and O–H groups in total. The molecule has 4 heteroatoms. The van der Waals surface area contributed by atoms with Crippen LogP contribution in [0.25, 0.3) is 0 Å². The Morgan fingerprint density at radius 1 is 1.31 bits per heavy atom. The van der Waals surface area contributed by atoms with Crippen molar-refractivity contribution in [3.63, 3.8) is 0 Å². The summed E-state index contributed by atoms with van der Waals surface area (Å²) in [5, 5.41) is 2.37. The minimum absolute atomic E-state index is 0.00875. The van der Waals surface area contributed by atoms with Crippen molar-refractivity contribution in [2.45, 2.75) is 6.42 Å². The Morgan fingerprint density at radius 3 is 2.31 bits per heavy atom. The molecule has 0 bridgehead atoms. The summed E-state index contributed by atoms with van der Waals surface area (Å²) in [4.78, 5) is 10.8. The quantitative estimate of drug-likeness (QED) is 0.738. The first-order chi connectivity index (χ1) is 6.11. The minimum Gasteiger partial charge on any atom is -0.359 e. The number of halogens is 2. The largest absolute Gasteiger partial charge is 0.359 e. The third-order valence-electron chi connectivity index (χ3n) is 1.57. The molecule has 0 fully saturated rings. The molecule has 0 aliphatic carbocycles. The number of nitrogens with one attached hydrogen (secondary N) is 1. The Morgan fingerprint density at radius 2 is 1.85 bits per heavy atom. The van der Waals surface area contributed by atoms with Crippen LogP contribution in [0.3, 0.4) is 0 Å². The van der Waals surface area contributed by atoms with E-state index in [9.17, 15) is 13.6 Å². The summed E-state index contributed by atoms with van der Waals surface area (Å²) >= 11 is 0. The van der Waals surface area contributed by atoms with Crippen molar-refractivity contribution in [3.05, 3.63) is 35.4 Å². The van der Waals surface area contributed by atoms with Crippen molar-refractivity contribution in [2.75, 3.05) is 7.05 Å². The van der Waals surface area contributed by atoms with Crippen LogP contribution in [0.15, 0.2) is 18.2 Å². The van der Waals surface area contributed by atoms with Gasteiger partial charge in [-0.3, -0.25) is 4.79 Å². The summed E-state index contributed by atoms with van der Waals surface area (Å²) in [6.07, 6.45) is -0.00875. The molecule has 70 valence electrons. The number of hydrogen-bond donors (Lipinski definition) is 1. The zero-order valence-electron chi connectivity index (χ0n) is 7.10. The Hall–Kier alpha value is -1.45. The summed E-state index contributed by atoms with van der Waals surface area (Å²) < 4.78 is 25.2. The van der Waals surface area contributed by atoms with E-state index in [4.69, 9.17) is 0 Å². The number of benzene rings is 1. The molecule has 0 aromatic heterocycles. The lowest BCUT2D eigenvalue weighted by Gasteiger charge is -2.00. The number of likely N-dealkylation sites (N-methyl/N-ethyl adjacent to an activating group) is 1. The molecule has 0 aliphatic rings. The molecule has 0 unspecified atom stereocenters. The fourth-order valence-electron chi connectivity index (χ4n) is 0.987. The van der Waals surface area contributed by atoms with E-state index in [1.807, 2.05) is 0 Å². The van der Waals surface area contributed by atoms with E-state index in [1.165, 1.54) is 7.05 Å². The van der Waals surface area contributed by atoms with Gasteiger partial charge in [0.2, 0.25) is 5.91 Å². The van der Waals surface area contributed by atoms with E-state index >= 15 is 0 Å². The zero-order chi connectivity index (χ0) is 9.84. The summed E-state index contributed by atoms with van der Waals surface area (Å²) in [6.45, 7) is 0. The molecule has 0 atom stereocenters. The van der Waals surface area contributed by atoms with E-state index in [0.717, 1.165) is 18.2 Å². The molecule has 1 rings (SSSR count). The van der Waals surface area contributed by atoms with E-state index < -0.39 is 11.6 Å². The molecular formula is C9H9F2NO. The number of amides is 1. The highest BCUT2D eigenvalue weighted by molar-refractivity contribution is 5.78. The van der Waals surface area contributed by atoms with Crippen LogP contribution in [0.2, 0.25) is 0 Å². The molecule has 0 radical (unpaired) electrons. The third kappa shape index (κ3) is 2.82. The van der Waals surface area contributed by atoms with Gasteiger partial charge in [-0.1, -0.05) is 0 Å². The van der Waals surface area contributed by atoms with Crippen LogP contribution in [0.1, 0.15) is 5.56 Å². The van der Waals surface area contributed by atoms with Gasteiger partial charge in [0, 0.05) is 13.1 Å². The van der Waals surface area contributed by atoms with Crippen molar-refractivity contribution in [2.24, 2.45) is 0 Å². The van der Waals surface area contributed by atoms with E-state index in [1.54, 1.807) is 0 Å². The van der Waals surface area contributed by atoms with Crippen LogP contribution in [-0.4, -0.2) is 13.0 Å². The monoisotopic (exact) mass is 185 g/mol. The summed E-state index contributed by atoms with van der Waals surface area (Å²) in [5.41, 5.74) is 0.330. The maximum atomic E-state index is 12.6. The second-order valence-corrected chi connectivity index (χ2v) is 2.63. The fourth-order valence-corrected chi connectivity index (χ4v) is 0.987. The predicted octanol–water partition coefficient (Wildman–Crippen LogP) is 1.25. The summed E-state index contributed by atoms with van der Waals surface area (Å²) in [6, 6.07) is 3.05.